The SMILES string of the molecule is CCCC(C)C(=O)c1c(F)cc(OC)cc1F. The van der Waals surface area contributed by atoms with Gasteiger partial charge in [0, 0.05) is 18.1 Å². The Morgan fingerprint density at radius 3 is 2.29 bits per heavy atom. The molecule has 0 heterocycles. The van der Waals surface area contributed by atoms with E-state index in [2.05, 4.69) is 0 Å². The second-order valence-corrected chi connectivity index (χ2v) is 4.02. The van der Waals surface area contributed by atoms with Crippen LogP contribution < -0.4 is 4.74 Å². The second-order valence-electron chi connectivity index (χ2n) is 4.02. The molecule has 0 saturated carbocycles. The molecular formula is C13H16F2O2. The van der Waals surface area contributed by atoms with Crippen molar-refractivity contribution < 1.29 is 18.3 Å². The van der Waals surface area contributed by atoms with Crippen LogP contribution in [0.3, 0.4) is 0 Å². The minimum atomic E-state index is -0.866. The Morgan fingerprint density at radius 2 is 1.88 bits per heavy atom. The van der Waals surface area contributed by atoms with Crippen LogP contribution in [-0.2, 0) is 0 Å². The summed E-state index contributed by atoms with van der Waals surface area (Å²) in [5.74, 6) is -2.54. The molecule has 0 saturated heterocycles. The summed E-state index contributed by atoms with van der Waals surface area (Å²) in [7, 11) is 1.31. The third-order valence-corrected chi connectivity index (χ3v) is 2.67. The molecule has 1 aromatic carbocycles. The van der Waals surface area contributed by atoms with Crippen molar-refractivity contribution in [2.75, 3.05) is 7.11 Å². The van der Waals surface area contributed by atoms with E-state index in [4.69, 9.17) is 4.74 Å². The van der Waals surface area contributed by atoms with Crippen molar-refractivity contribution in [3.8, 4) is 5.75 Å². The van der Waals surface area contributed by atoms with E-state index in [0.29, 0.717) is 6.42 Å². The molecule has 0 aliphatic carbocycles. The minimum absolute atomic E-state index is 0.0692. The normalized spacial score (nSPS) is 12.3. The Labute approximate surface area is 99.6 Å². The number of carbonyl (C=O) groups excluding carboxylic acids is 1. The highest BCUT2D eigenvalue weighted by Gasteiger charge is 2.23. The molecule has 0 aromatic heterocycles. The molecule has 0 aliphatic rings. The van der Waals surface area contributed by atoms with Gasteiger partial charge >= 0.3 is 0 Å². The van der Waals surface area contributed by atoms with Gasteiger partial charge in [0.2, 0.25) is 0 Å². The van der Waals surface area contributed by atoms with Crippen LogP contribution in [-0.4, -0.2) is 12.9 Å². The Hall–Kier alpha value is -1.45. The van der Waals surface area contributed by atoms with Gasteiger partial charge in [-0.1, -0.05) is 20.3 Å². The van der Waals surface area contributed by atoms with Crippen LogP contribution in [0.5, 0.6) is 5.75 Å². The number of carbonyl (C=O) groups is 1. The van der Waals surface area contributed by atoms with Crippen molar-refractivity contribution in [2.45, 2.75) is 26.7 Å². The van der Waals surface area contributed by atoms with E-state index in [-0.39, 0.29) is 11.7 Å². The molecule has 17 heavy (non-hydrogen) atoms. The number of halogens is 2. The summed E-state index contributed by atoms with van der Waals surface area (Å²) in [5.41, 5.74) is -0.466. The first-order valence-corrected chi connectivity index (χ1v) is 5.58. The van der Waals surface area contributed by atoms with Crippen LogP contribution >= 0.6 is 0 Å². The Kier molecular flexibility index (Phi) is 4.61. The van der Waals surface area contributed by atoms with Gasteiger partial charge in [-0.3, -0.25) is 4.79 Å². The van der Waals surface area contributed by atoms with E-state index in [1.54, 1.807) is 6.92 Å². The molecule has 1 unspecified atom stereocenters. The predicted molar refractivity (Wildman–Crippen MR) is 61.3 cm³/mol. The Balaban J connectivity index is 3.10. The van der Waals surface area contributed by atoms with E-state index < -0.39 is 23.0 Å². The summed E-state index contributed by atoms with van der Waals surface area (Å²) in [6.07, 6.45) is 1.41. The smallest absolute Gasteiger partial charge is 0.171 e. The van der Waals surface area contributed by atoms with E-state index >= 15 is 0 Å². The van der Waals surface area contributed by atoms with Crippen molar-refractivity contribution in [1.82, 2.24) is 0 Å². The van der Waals surface area contributed by atoms with Crippen molar-refractivity contribution in [1.29, 1.82) is 0 Å². The number of rotatable bonds is 5. The van der Waals surface area contributed by atoms with Gasteiger partial charge in [-0.25, -0.2) is 8.78 Å². The standard InChI is InChI=1S/C13H16F2O2/c1-4-5-8(2)13(16)12-10(14)6-9(17-3)7-11(12)15/h6-8H,4-5H2,1-3H3. The highest BCUT2D eigenvalue weighted by Crippen LogP contribution is 2.24. The average molecular weight is 242 g/mol. The first-order valence-electron chi connectivity index (χ1n) is 5.58. The molecule has 1 aromatic rings. The quantitative estimate of drug-likeness (QED) is 0.737. The molecule has 4 heteroatoms. The number of Topliss-reactive ketones (excluding diaryl/α,β-unsaturated/α-hetero) is 1. The Bertz CT molecular complexity index is 393. The van der Waals surface area contributed by atoms with Crippen LogP contribution in [0.2, 0.25) is 0 Å². The molecule has 0 N–H and O–H groups in total. The monoisotopic (exact) mass is 242 g/mol. The first kappa shape index (κ1) is 13.6. The third kappa shape index (κ3) is 3.02. The van der Waals surface area contributed by atoms with Crippen molar-refractivity contribution in [2.24, 2.45) is 5.92 Å². The molecule has 1 atom stereocenters. The number of ether oxygens (including phenoxy) is 1. The molecular weight excluding hydrogens is 226 g/mol. The summed E-state index contributed by atoms with van der Waals surface area (Å²) in [6, 6.07) is 2.05. The molecule has 0 aliphatic heterocycles. The largest absolute Gasteiger partial charge is 0.497 e. The van der Waals surface area contributed by atoms with Crippen LogP contribution in [0.4, 0.5) is 8.78 Å². The minimum Gasteiger partial charge on any atom is -0.497 e. The fourth-order valence-electron chi connectivity index (χ4n) is 1.71. The molecule has 0 fully saturated rings. The number of hydrogen-bond donors (Lipinski definition) is 0. The van der Waals surface area contributed by atoms with E-state index in [1.165, 1.54) is 7.11 Å². The van der Waals surface area contributed by atoms with Crippen molar-refractivity contribution in [3.63, 3.8) is 0 Å². The zero-order valence-corrected chi connectivity index (χ0v) is 10.2. The van der Waals surface area contributed by atoms with Gasteiger partial charge in [0.15, 0.2) is 5.78 Å². The predicted octanol–water partition coefficient (Wildman–Crippen LogP) is 3.59. The molecule has 0 spiro atoms. The summed E-state index contributed by atoms with van der Waals surface area (Å²) in [4.78, 5) is 11.9. The van der Waals surface area contributed by atoms with Gasteiger partial charge in [-0.05, 0) is 6.42 Å². The van der Waals surface area contributed by atoms with Crippen LogP contribution in [0.1, 0.15) is 37.0 Å². The van der Waals surface area contributed by atoms with Crippen molar-refractivity contribution in [3.05, 3.63) is 29.3 Å². The highest BCUT2D eigenvalue weighted by atomic mass is 19.1. The lowest BCUT2D eigenvalue weighted by atomic mass is 9.94. The molecule has 0 bridgehead atoms. The fourth-order valence-corrected chi connectivity index (χ4v) is 1.71. The maximum absolute atomic E-state index is 13.6. The number of hydrogen-bond acceptors (Lipinski definition) is 2. The zero-order valence-electron chi connectivity index (χ0n) is 10.2. The van der Waals surface area contributed by atoms with E-state index in [1.807, 2.05) is 6.92 Å². The fraction of sp³-hybridized carbons (Fsp3) is 0.462. The number of benzene rings is 1. The second kappa shape index (κ2) is 5.75. The first-order chi connectivity index (χ1) is 8.01. The van der Waals surface area contributed by atoms with Gasteiger partial charge in [0.25, 0.3) is 0 Å². The summed E-state index contributed by atoms with van der Waals surface area (Å²) >= 11 is 0. The van der Waals surface area contributed by atoms with Gasteiger partial charge in [0.1, 0.15) is 17.4 Å². The van der Waals surface area contributed by atoms with Crippen LogP contribution in [0, 0.1) is 17.6 Å². The van der Waals surface area contributed by atoms with Crippen LogP contribution in [0.25, 0.3) is 0 Å². The summed E-state index contributed by atoms with van der Waals surface area (Å²) < 4.78 is 31.9. The van der Waals surface area contributed by atoms with E-state index in [9.17, 15) is 13.6 Å². The topological polar surface area (TPSA) is 26.3 Å². The maximum atomic E-state index is 13.6. The number of ketones is 1. The molecule has 94 valence electrons. The van der Waals surface area contributed by atoms with Gasteiger partial charge < -0.3 is 4.74 Å². The molecule has 0 radical (unpaired) electrons. The van der Waals surface area contributed by atoms with Gasteiger partial charge in [-0.15, -0.1) is 0 Å². The lowest BCUT2D eigenvalue weighted by Gasteiger charge is -2.11. The lowest BCUT2D eigenvalue weighted by molar-refractivity contribution is 0.0915. The summed E-state index contributed by atoms with van der Waals surface area (Å²) in [6.45, 7) is 3.60. The lowest BCUT2D eigenvalue weighted by Crippen LogP contribution is -2.15. The third-order valence-electron chi connectivity index (χ3n) is 2.67. The average Bonchev–Trinajstić information content (AvgIpc) is 2.28. The van der Waals surface area contributed by atoms with Crippen LogP contribution in [0.15, 0.2) is 12.1 Å². The molecule has 0 amide bonds. The molecule has 2 nitrogen and oxygen atoms in total. The summed E-state index contributed by atoms with van der Waals surface area (Å²) in [5, 5.41) is 0. The highest BCUT2D eigenvalue weighted by molar-refractivity contribution is 5.98. The zero-order chi connectivity index (χ0) is 13.0. The van der Waals surface area contributed by atoms with E-state index in [0.717, 1.165) is 18.6 Å². The maximum Gasteiger partial charge on any atom is 0.171 e. The van der Waals surface area contributed by atoms with Gasteiger partial charge in [0.05, 0.1) is 12.7 Å². The van der Waals surface area contributed by atoms with Gasteiger partial charge in [-0.2, -0.15) is 0 Å². The van der Waals surface area contributed by atoms with Crippen molar-refractivity contribution >= 4 is 5.78 Å². The Morgan fingerprint density at radius 1 is 1.35 bits per heavy atom. The number of methoxy groups -OCH3 is 1. The molecule has 1 rings (SSSR count).